The van der Waals surface area contributed by atoms with Gasteiger partial charge in [0.1, 0.15) is 4.75 Å². The van der Waals surface area contributed by atoms with Gasteiger partial charge in [-0.15, -0.1) is 4.72 Å². The first-order valence-electron chi connectivity index (χ1n) is 4.71. The van der Waals surface area contributed by atoms with Crippen LogP contribution in [0.2, 0.25) is 0 Å². The molecule has 1 N–H and O–H groups in total. The Labute approximate surface area is 91.9 Å². The van der Waals surface area contributed by atoms with E-state index in [9.17, 15) is 17.7 Å². The summed E-state index contributed by atoms with van der Waals surface area (Å²) in [5.74, 6) is -0.642. The van der Waals surface area contributed by atoms with Crippen LogP contribution >= 0.6 is 0 Å². The van der Waals surface area contributed by atoms with Gasteiger partial charge in [-0.3, -0.25) is 0 Å². The van der Waals surface area contributed by atoms with Crippen molar-refractivity contribution in [2.75, 3.05) is 0 Å². The summed E-state index contributed by atoms with van der Waals surface area (Å²) in [6.45, 7) is 7.79. The largest absolute Gasteiger partial charge is 0.598 e. The number of rotatable bonds is 3. The molecule has 2 atom stereocenters. The third-order valence-electron chi connectivity index (χ3n) is 1.81. The van der Waals surface area contributed by atoms with Gasteiger partial charge in [-0.1, -0.05) is 13.8 Å². The number of halogens is 3. The van der Waals surface area contributed by atoms with Gasteiger partial charge in [-0.25, -0.2) is 0 Å². The summed E-state index contributed by atoms with van der Waals surface area (Å²) in [5, 5.41) is 0. The summed E-state index contributed by atoms with van der Waals surface area (Å²) in [6, 6.07) is -1.72. The summed E-state index contributed by atoms with van der Waals surface area (Å²) in [5.41, 5.74) is 0. The zero-order valence-corrected chi connectivity index (χ0v) is 10.4. The van der Waals surface area contributed by atoms with E-state index >= 15 is 0 Å². The number of alkyl halides is 3. The molecule has 0 bridgehead atoms. The van der Waals surface area contributed by atoms with Crippen LogP contribution in [-0.2, 0) is 11.4 Å². The lowest BCUT2D eigenvalue weighted by Crippen LogP contribution is -2.53. The quantitative estimate of drug-likeness (QED) is 0.776. The molecule has 0 aliphatic heterocycles. The first-order chi connectivity index (χ1) is 6.46. The van der Waals surface area contributed by atoms with Crippen LogP contribution in [0.15, 0.2) is 0 Å². The van der Waals surface area contributed by atoms with Gasteiger partial charge in [0.05, 0.1) is 0 Å². The van der Waals surface area contributed by atoms with Crippen molar-refractivity contribution in [3.63, 3.8) is 0 Å². The van der Waals surface area contributed by atoms with E-state index in [1.807, 2.05) is 0 Å². The van der Waals surface area contributed by atoms with Gasteiger partial charge in [-0.05, 0) is 26.7 Å². The fourth-order valence-electron chi connectivity index (χ4n) is 0.873. The molecule has 1 unspecified atom stereocenters. The molecule has 92 valence electrons. The summed E-state index contributed by atoms with van der Waals surface area (Å²) < 4.78 is 50.5. The SMILES string of the molecule is CC(C)[C@H](N[S+]([O-])C(C)(C)C)C(F)(F)F. The average molecular weight is 245 g/mol. The topological polar surface area (TPSA) is 35.1 Å². The number of nitrogens with one attached hydrogen (secondary N) is 1. The average Bonchev–Trinajstić information content (AvgIpc) is 1.94. The Morgan fingerprint density at radius 3 is 1.73 bits per heavy atom. The van der Waals surface area contributed by atoms with E-state index in [1.165, 1.54) is 13.8 Å². The second kappa shape index (κ2) is 4.93. The van der Waals surface area contributed by atoms with Crippen molar-refractivity contribution >= 4 is 11.4 Å². The van der Waals surface area contributed by atoms with Crippen LogP contribution in [0.3, 0.4) is 0 Å². The van der Waals surface area contributed by atoms with Crippen LogP contribution in [0.4, 0.5) is 13.2 Å². The molecule has 0 aromatic carbocycles. The minimum absolute atomic E-state index is 0.642. The molecule has 15 heavy (non-hydrogen) atoms. The van der Waals surface area contributed by atoms with Gasteiger partial charge in [-0.2, -0.15) is 13.2 Å². The van der Waals surface area contributed by atoms with Crippen molar-refractivity contribution in [3.05, 3.63) is 0 Å². The van der Waals surface area contributed by atoms with Crippen LogP contribution in [0, 0.1) is 5.92 Å². The fourth-order valence-corrected chi connectivity index (χ4v) is 1.86. The third-order valence-corrected chi connectivity index (χ3v) is 3.39. The number of hydrogen-bond donors (Lipinski definition) is 1. The normalized spacial score (nSPS) is 18.0. The fraction of sp³-hybridized carbons (Fsp3) is 1.00. The lowest BCUT2D eigenvalue weighted by Gasteiger charge is -2.30. The van der Waals surface area contributed by atoms with E-state index in [-0.39, 0.29) is 0 Å². The molecule has 0 radical (unpaired) electrons. The third kappa shape index (κ3) is 5.08. The molecule has 0 amide bonds. The highest BCUT2D eigenvalue weighted by atomic mass is 32.2. The minimum atomic E-state index is -4.37. The van der Waals surface area contributed by atoms with E-state index in [0.29, 0.717) is 0 Å². The van der Waals surface area contributed by atoms with Gasteiger partial charge in [0, 0.05) is 11.4 Å². The minimum Gasteiger partial charge on any atom is -0.598 e. The molecule has 0 aromatic rings. The van der Waals surface area contributed by atoms with Gasteiger partial charge in [0.25, 0.3) is 0 Å². The van der Waals surface area contributed by atoms with E-state index < -0.39 is 34.2 Å². The van der Waals surface area contributed by atoms with E-state index in [0.717, 1.165) is 0 Å². The molecular formula is C9H18F3NOS. The molecule has 2 nitrogen and oxygen atoms in total. The second-order valence-corrected chi connectivity index (χ2v) is 6.76. The van der Waals surface area contributed by atoms with Crippen LogP contribution in [0.5, 0.6) is 0 Å². The standard InChI is InChI=1S/C9H18F3NOS/c1-6(2)7(9(10,11)12)13-15(14)8(3,4)5/h6-7,13H,1-5H3/t7-,15?/m0/s1. The highest BCUT2D eigenvalue weighted by Gasteiger charge is 2.46. The summed E-state index contributed by atoms with van der Waals surface area (Å²) in [4.78, 5) is 0. The first kappa shape index (κ1) is 15.1. The summed E-state index contributed by atoms with van der Waals surface area (Å²) >= 11 is -1.70. The van der Waals surface area contributed by atoms with Gasteiger partial charge in [0.2, 0.25) is 0 Å². The smallest absolute Gasteiger partial charge is 0.408 e. The summed E-state index contributed by atoms with van der Waals surface area (Å²) in [7, 11) is 0. The molecule has 0 aliphatic carbocycles. The first-order valence-corrected chi connectivity index (χ1v) is 5.86. The zero-order valence-electron chi connectivity index (χ0n) is 9.61. The Bertz CT molecular complexity index is 201. The van der Waals surface area contributed by atoms with Crippen LogP contribution in [0.25, 0.3) is 0 Å². The van der Waals surface area contributed by atoms with Crippen LogP contribution in [-0.4, -0.2) is 21.5 Å². The van der Waals surface area contributed by atoms with Crippen molar-refractivity contribution in [1.29, 1.82) is 0 Å². The molecule has 0 heterocycles. The molecule has 0 rings (SSSR count). The van der Waals surface area contributed by atoms with Crippen molar-refractivity contribution in [2.24, 2.45) is 5.92 Å². The van der Waals surface area contributed by atoms with Gasteiger partial charge < -0.3 is 4.55 Å². The zero-order chi connectivity index (χ0) is 12.4. The Morgan fingerprint density at radius 2 is 1.53 bits per heavy atom. The molecule has 0 saturated carbocycles. The predicted octanol–water partition coefficient (Wildman–Crippen LogP) is 2.63. The maximum atomic E-state index is 12.5. The van der Waals surface area contributed by atoms with E-state index in [4.69, 9.17) is 0 Å². The Morgan fingerprint density at radius 1 is 1.13 bits per heavy atom. The van der Waals surface area contributed by atoms with Crippen molar-refractivity contribution in [2.45, 2.75) is 51.6 Å². The molecule has 6 heteroatoms. The second-order valence-electron chi connectivity index (χ2n) is 4.76. The Balaban J connectivity index is 4.58. The lowest BCUT2D eigenvalue weighted by molar-refractivity contribution is -0.160. The van der Waals surface area contributed by atoms with Gasteiger partial charge >= 0.3 is 6.18 Å². The molecule has 0 aliphatic rings. The van der Waals surface area contributed by atoms with Crippen molar-refractivity contribution in [1.82, 2.24) is 4.72 Å². The monoisotopic (exact) mass is 245 g/mol. The predicted molar refractivity (Wildman–Crippen MR) is 55.7 cm³/mol. The highest BCUT2D eigenvalue weighted by Crippen LogP contribution is 2.27. The lowest BCUT2D eigenvalue weighted by atomic mass is 10.1. The maximum Gasteiger partial charge on any atom is 0.408 e. The molecule has 0 spiro atoms. The van der Waals surface area contributed by atoms with Crippen LogP contribution < -0.4 is 4.72 Å². The van der Waals surface area contributed by atoms with Crippen LogP contribution in [0.1, 0.15) is 34.6 Å². The molecule has 0 fully saturated rings. The van der Waals surface area contributed by atoms with Crippen molar-refractivity contribution in [3.8, 4) is 0 Å². The number of hydrogen-bond acceptors (Lipinski definition) is 2. The van der Waals surface area contributed by atoms with Gasteiger partial charge in [0.15, 0.2) is 6.04 Å². The summed E-state index contributed by atoms with van der Waals surface area (Å²) in [6.07, 6.45) is -4.37. The highest BCUT2D eigenvalue weighted by molar-refractivity contribution is 7.90. The Kier molecular flexibility index (Phi) is 4.95. The molecule has 0 saturated heterocycles. The van der Waals surface area contributed by atoms with E-state index in [2.05, 4.69) is 4.72 Å². The van der Waals surface area contributed by atoms with Crippen molar-refractivity contribution < 1.29 is 17.7 Å². The maximum absolute atomic E-state index is 12.5. The Hall–Kier alpha value is 0.0600. The molecule has 0 aromatic heterocycles. The van der Waals surface area contributed by atoms with E-state index in [1.54, 1.807) is 20.8 Å². The molecular weight excluding hydrogens is 227 g/mol.